The van der Waals surface area contributed by atoms with Crippen molar-refractivity contribution >= 4 is 5.91 Å². The maximum Gasteiger partial charge on any atom is 0.287 e. The molecule has 6 heteroatoms. The molecule has 2 aromatic heterocycles. The summed E-state index contributed by atoms with van der Waals surface area (Å²) in [5, 5.41) is 6.93. The second kappa shape index (κ2) is 7.12. The van der Waals surface area contributed by atoms with E-state index in [4.69, 9.17) is 4.42 Å². The third-order valence-corrected chi connectivity index (χ3v) is 3.77. The molecule has 124 valence electrons. The van der Waals surface area contributed by atoms with Crippen molar-refractivity contribution in [3.63, 3.8) is 0 Å². The Labute approximate surface area is 139 Å². The molecule has 1 N–H and O–H groups in total. The third-order valence-electron chi connectivity index (χ3n) is 3.77. The molecular formula is C18H18FN3O2. The van der Waals surface area contributed by atoms with Crippen LogP contribution in [0.1, 0.15) is 34.7 Å². The van der Waals surface area contributed by atoms with Crippen molar-refractivity contribution in [2.45, 2.75) is 19.4 Å². The molecule has 0 spiro atoms. The molecule has 24 heavy (non-hydrogen) atoms. The van der Waals surface area contributed by atoms with Crippen molar-refractivity contribution in [2.24, 2.45) is 0 Å². The maximum atomic E-state index is 12.9. The molecule has 0 aliphatic rings. The Bertz CT molecular complexity index is 794. The molecule has 0 aliphatic carbocycles. The van der Waals surface area contributed by atoms with Gasteiger partial charge in [0.05, 0.1) is 6.54 Å². The van der Waals surface area contributed by atoms with Gasteiger partial charge in [-0.25, -0.2) is 4.39 Å². The van der Waals surface area contributed by atoms with E-state index in [1.165, 1.54) is 12.1 Å². The van der Waals surface area contributed by atoms with E-state index in [-0.39, 0.29) is 23.4 Å². The third kappa shape index (κ3) is 3.90. The Hall–Kier alpha value is -2.89. The smallest absolute Gasteiger partial charge is 0.287 e. The first kappa shape index (κ1) is 16.0. The molecule has 1 aromatic carbocycles. The first-order valence-corrected chi connectivity index (χ1v) is 7.71. The van der Waals surface area contributed by atoms with Crippen LogP contribution in [0.15, 0.2) is 59.3 Å². The van der Waals surface area contributed by atoms with Gasteiger partial charge in [-0.05, 0) is 41.8 Å². The summed E-state index contributed by atoms with van der Waals surface area (Å²) in [5.41, 5.74) is 0.968. The molecule has 0 saturated carbocycles. The lowest BCUT2D eigenvalue weighted by Gasteiger charge is -2.12. The standard InChI is InChI=1S/C18H18FN3O2/c1-13(14-3-5-15(19)6-4-14)11-20-18(23)17-8-7-16(24-17)12-22-10-2-9-21-22/h2-10,13H,11-12H2,1H3,(H,20,23). The SMILES string of the molecule is CC(CNC(=O)c1ccc(Cn2cccn2)o1)c1ccc(F)cc1. The quantitative estimate of drug-likeness (QED) is 0.756. The summed E-state index contributed by atoms with van der Waals surface area (Å²) in [6.45, 7) is 2.89. The fourth-order valence-corrected chi connectivity index (χ4v) is 2.38. The first-order chi connectivity index (χ1) is 11.6. The average molecular weight is 327 g/mol. The molecule has 0 radical (unpaired) electrons. The van der Waals surface area contributed by atoms with E-state index >= 15 is 0 Å². The number of benzene rings is 1. The minimum atomic E-state index is -0.268. The molecular weight excluding hydrogens is 309 g/mol. The predicted octanol–water partition coefficient (Wildman–Crippen LogP) is 3.20. The van der Waals surface area contributed by atoms with Crippen LogP contribution in [0.4, 0.5) is 4.39 Å². The number of nitrogens with one attached hydrogen (secondary N) is 1. The minimum Gasteiger partial charge on any atom is -0.454 e. The molecule has 1 atom stereocenters. The number of aromatic nitrogens is 2. The van der Waals surface area contributed by atoms with E-state index < -0.39 is 0 Å². The van der Waals surface area contributed by atoms with Crippen LogP contribution in [-0.4, -0.2) is 22.2 Å². The van der Waals surface area contributed by atoms with Crippen LogP contribution in [-0.2, 0) is 6.54 Å². The Morgan fingerprint density at radius 1 is 1.29 bits per heavy atom. The molecule has 5 nitrogen and oxygen atoms in total. The normalized spacial score (nSPS) is 12.1. The maximum absolute atomic E-state index is 12.9. The van der Waals surface area contributed by atoms with Gasteiger partial charge in [-0.15, -0.1) is 0 Å². The van der Waals surface area contributed by atoms with E-state index in [1.54, 1.807) is 35.1 Å². The summed E-state index contributed by atoms with van der Waals surface area (Å²) in [4.78, 5) is 12.2. The highest BCUT2D eigenvalue weighted by Crippen LogP contribution is 2.15. The number of nitrogens with zero attached hydrogens (tertiary/aromatic N) is 2. The van der Waals surface area contributed by atoms with E-state index in [0.717, 1.165) is 5.56 Å². The van der Waals surface area contributed by atoms with Gasteiger partial charge in [0.1, 0.15) is 11.6 Å². The Balaban J connectivity index is 1.55. The van der Waals surface area contributed by atoms with Crippen LogP contribution in [0, 0.1) is 5.82 Å². The molecule has 0 aliphatic heterocycles. The number of halogens is 1. The molecule has 2 heterocycles. The van der Waals surface area contributed by atoms with Crippen molar-refractivity contribution in [3.05, 3.63) is 77.8 Å². The molecule has 1 amide bonds. The number of carbonyl (C=O) groups is 1. The zero-order chi connectivity index (χ0) is 16.9. The van der Waals surface area contributed by atoms with Crippen LogP contribution in [0.3, 0.4) is 0 Å². The van der Waals surface area contributed by atoms with Crippen LogP contribution in [0.25, 0.3) is 0 Å². The Kier molecular flexibility index (Phi) is 4.74. The molecule has 0 bridgehead atoms. The Morgan fingerprint density at radius 3 is 2.79 bits per heavy atom. The fourth-order valence-electron chi connectivity index (χ4n) is 2.38. The van der Waals surface area contributed by atoms with Crippen molar-refractivity contribution in [2.75, 3.05) is 6.54 Å². The number of hydrogen-bond donors (Lipinski definition) is 1. The summed E-state index contributed by atoms with van der Waals surface area (Å²) in [5.74, 6) is 0.470. The van der Waals surface area contributed by atoms with E-state index in [1.807, 2.05) is 19.2 Å². The zero-order valence-electron chi connectivity index (χ0n) is 13.3. The molecule has 3 aromatic rings. The van der Waals surface area contributed by atoms with Crippen LogP contribution >= 0.6 is 0 Å². The fraction of sp³-hybridized carbons (Fsp3) is 0.222. The second-order valence-electron chi connectivity index (χ2n) is 5.63. The van der Waals surface area contributed by atoms with Crippen molar-refractivity contribution in [1.29, 1.82) is 0 Å². The van der Waals surface area contributed by atoms with E-state index in [9.17, 15) is 9.18 Å². The summed E-state index contributed by atoms with van der Waals surface area (Å²) in [6, 6.07) is 11.5. The van der Waals surface area contributed by atoms with Gasteiger partial charge in [0.25, 0.3) is 5.91 Å². The molecule has 0 fully saturated rings. The Morgan fingerprint density at radius 2 is 2.08 bits per heavy atom. The number of hydrogen-bond acceptors (Lipinski definition) is 3. The lowest BCUT2D eigenvalue weighted by atomic mass is 10.0. The van der Waals surface area contributed by atoms with Gasteiger partial charge in [0, 0.05) is 18.9 Å². The second-order valence-corrected chi connectivity index (χ2v) is 5.63. The van der Waals surface area contributed by atoms with Gasteiger partial charge in [0.2, 0.25) is 0 Å². The minimum absolute atomic E-state index is 0.0769. The highest BCUT2D eigenvalue weighted by atomic mass is 19.1. The lowest BCUT2D eigenvalue weighted by Crippen LogP contribution is -2.27. The van der Waals surface area contributed by atoms with Crippen molar-refractivity contribution in [1.82, 2.24) is 15.1 Å². The van der Waals surface area contributed by atoms with E-state index in [2.05, 4.69) is 10.4 Å². The number of furan rings is 1. The highest BCUT2D eigenvalue weighted by molar-refractivity contribution is 5.91. The van der Waals surface area contributed by atoms with E-state index in [0.29, 0.717) is 18.8 Å². The van der Waals surface area contributed by atoms with Crippen LogP contribution < -0.4 is 5.32 Å². The van der Waals surface area contributed by atoms with Gasteiger partial charge in [-0.1, -0.05) is 19.1 Å². The molecule has 1 unspecified atom stereocenters. The summed E-state index contributed by atoms with van der Waals surface area (Å²) < 4.78 is 20.2. The monoisotopic (exact) mass is 327 g/mol. The summed E-state index contributed by atoms with van der Waals surface area (Å²) in [6.07, 6.45) is 3.51. The van der Waals surface area contributed by atoms with Gasteiger partial charge in [-0.3, -0.25) is 9.48 Å². The highest BCUT2D eigenvalue weighted by Gasteiger charge is 2.13. The molecule has 0 saturated heterocycles. The number of amides is 1. The molecule has 3 rings (SSSR count). The predicted molar refractivity (Wildman–Crippen MR) is 87.2 cm³/mol. The first-order valence-electron chi connectivity index (χ1n) is 7.71. The van der Waals surface area contributed by atoms with Crippen molar-refractivity contribution in [3.8, 4) is 0 Å². The topological polar surface area (TPSA) is 60.1 Å². The number of carbonyl (C=O) groups excluding carboxylic acids is 1. The van der Waals surface area contributed by atoms with Crippen molar-refractivity contribution < 1.29 is 13.6 Å². The van der Waals surface area contributed by atoms with Gasteiger partial charge >= 0.3 is 0 Å². The lowest BCUT2D eigenvalue weighted by molar-refractivity contribution is 0.0922. The van der Waals surface area contributed by atoms with Gasteiger partial charge in [0.15, 0.2) is 5.76 Å². The largest absolute Gasteiger partial charge is 0.454 e. The zero-order valence-corrected chi connectivity index (χ0v) is 13.3. The van der Waals surface area contributed by atoms with Gasteiger partial charge < -0.3 is 9.73 Å². The van der Waals surface area contributed by atoms with Crippen LogP contribution in [0.5, 0.6) is 0 Å². The number of rotatable bonds is 6. The van der Waals surface area contributed by atoms with Gasteiger partial charge in [-0.2, -0.15) is 5.10 Å². The summed E-state index contributed by atoms with van der Waals surface area (Å²) >= 11 is 0. The summed E-state index contributed by atoms with van der Waals surface area (Å²) in [7, 11) is 0. The van der Waals surface area contributed by atoms with Crippen LogP contribution in [0.2, 0.25) is 0 Å². The average Bonchev–Trinajstić information content (AvgIpc) is 3.25.